The second-order valence-electron chi connectivity index (χ2n) is 12.6. The molecule has 5 aromatic carbocycles. The number of ether oxygens (including phenoxy) is 1. The molecule has 1 aliphatic carbocycles. The SMILES string of the molecule is CCCCCOc1ccc([SiH2]C(c2ccccc2)(c2ccccc2)n2ccnc2)cc1.c1ccc(B(c2ccccc2)C2CC2)cc1. The Hall–Kier alpha value is -4.61. The molecule has 1 saturated carbocycles. The van der Waals surface area contributed by atoms with Gasteiger partial charge < -0.3 is 9.30 Å². The molecule has 0 N–H and O–H groups in total. The highest BCUT2D eigenvalue weighted by molar-refractivity contribution is 6.86. The van der Waals surface area contributed by atoms with Gasteiger partial charge in [-0.1, -0.05) is 188 Å². The maximum Gasteiger partial charge on any atom is 0.212 e. The second-order valence-corrected chi connectivity index (χ2v) is 14.8. The minimum Gasteiger partial charge on any atom is -0.494 e. The zero-order valence-electron chi connectivity index (χ0n) is 27.5. The first-order valence-electron chi connectivity index (χ1n) is 17.2. The first-order valence-corrected chi connectivity index (χ1v) is 18.6. The standard InChI is InChI=1S/C27H30N2OSi.C15H15B/c1-2-3-10-21-30-25-15-17-26(18-16-25)31-27(29-20-19-28-22-29,23-11-6-4-7-12-23)24-13-8-5-9-14-24;1-3-7-13(8-4-1)16(15-11-12-15)14-9-5-2-6-10-14/h4-9,11-20,22H,2-3,10,21,31H2,1H3;1-10,15H,11-12H2. The van der Waals surface area contributed by atoms with Crippen molar-refractivity contribution in [2.24, 2.45) is 0 Å². The van der Waals surface area contributed by atoms with Gasteiger partial charge in [-0.3, -0.25) is 0 Å². The monoisotopic (exact) mass is 632 g/mol. The van der Waals surface area contributed by atoms with E-state index in [1.54, 1.807) is 0 Å². The zero-order valence-corrected chi connectivity index (χ0v) is 28.9. The van der Waals surface area contributed by atoms with E-state index in [0.29, 0.717) is 6.71 Å². The van der Waals surface area contributed by atoms with Crippen LogP contribution in [-0.4, -0.2) is 32.4 Å². The minimum absolute atomic E-state index is 0.248. The van der Waals surface area contributed by atoms with Gasteiger partial charge in [-0.05, 0) is 29.7 Å². The Labute approximate surface area is 283 Å². The van der Waals surface area contributed by atoms with E-state index in [4.69, 9.17) is 4.74 Å². The molecule has 0 atom stereocenters. The van der Waals surface area contributed by atoms with Gasteiger partial charge in [-0.25, -0.2) is 4.98 Å². The van der Waals surface area contributed by atoms with Crippen LogP contribution in [-0.2, 0) is 5.16 Å². The minimum atomic E-state index is -0.846. The number of imidazole rings is 1. The molecule has 47 heavy (non-hydrogen) atoms. The summed E-state index contributed by atoms with van der Waals surface area (Å²) in [6.07, 6.45) is 12.2. The maximum atomic E-state index is 5.93. The van der Waals surface area contributed by atoms with Crippen molar-refractivity contribution < 1.29 is 4.74 Å². The van der Waals surface area contributed by atoms with E-state index in [0.717, 1.165) is 24.6 Å². The van der Waals surface area contributed by atoms with Crippen molar-refractivity contribution in [3.05, 3.63) is 175 Å². The molecule has 0 saturated heterocycles. The van der Waals surface area contributed by atoms with Crippen molar-refractivity contribution in [3.8, 4) is 5.75 Å². The molecule has 0 aliphatic heterocycles. The van der Waals surface area contributed by atoms with Crippen molar-refractivity contribution in [2.45, 2.75) is 50.0 Å². The zero-order chi connectivity index (χ0) is 32.2. The van der Waals surface area contributed by atoms with Crippen LogP contribution in [0.1, 0.15) is 50.2 Å². The largest absolute Gasteiger partial charge is 0.494 e. The third-order valence-electron chi connectivity index (χ3n) is 9.26. The number of unbranched alkanes of at least 4 members (excludes halogenated alkanes) is 2. The van der Waals surface area contributed by atoms with Crippen molar-refractivity contribution in [1.82, 2.24) is 9.55 Å². The van der Waals surface area contributed by atoms with Crippen molar-refractivity contribution in [2.75, 3.05) is 6.61 Å². The number of benzene rings is 5. The van der Waals surface area contributed by atoms with Crippen LogP contribution in [0.5, 0.6) is 5.75 Å². The molecule has 5 heteroatoms. The summed E-state index contributed by atoms with van der Waals surface area (Å²) in [4.78, 5) is 4.41. The van der Waals surface area contributed by atoms with Crippen LogP contribution in [0.4, 0.5) is 0 Å². The van der Waals surface area contributed by atoms with E-state index in [1.807, 2.05) is 12.5 Å². The predicted molar refractivity (Wildman–Crippen MR) is 202 cm³/mol. The van der Waals surface area contributed by atoms with Gasteiger partial charge in [0.2, 0.25) is 6.71 Å². The summed E-state index contributed by atoms with van der Waals surface area (Å²) in [7, 11) is -0.846. The molecule has 7 rings (SSSR count). The molecular formula is C42H45BN2OSi. The molecule has 0 spiro atoms. The van der Waals surface area contributed by atoms with Crippen molar-refractivity contribution in [3.63, 3.8) is 0 Å². The van der Waals surface area contributed by atoms with E-state index in [2.05, 4.69) is 168 Å². The number of hydrogen-bond donors (Lipinski definition) is 0. The van der Waals surface area contributed by atoms with Gasteiger partial charge in [0.05, 0.1) is 27.6 Å². The molecular weight excluding hydrogens is 587 g/mol. The molecule has 1 heterocycles. The number of rotatable bonds is 13. The van der Waals surface area contributed by atoms with Gasteiger partial charge >= 0.3 is 0 Å². The van der Waals surface area contributed by atoms with Crippen LogP contribution in [0, 0.1) is 0 Å². The molecule has 236 valence electrons. The number of nitrogens with zero attached hydrogens (tertiary/aromatic N) is 2. The second kappa shape index (κ2) is 16.3. The van der Waals surface area contributed by atoms with Crippen LogP contribution in [0.3, 0.4) is 0 Å². The highest BCUT2D eigenvalue weighted by atomic mass is 28.2. The summed E-state index contributed by atoms with van der Waals surface area (Å²) in [5.41, 5.74) is 5.53. The average molecular weight is 633 g/mol. The van der Waals surface area contributed by atoms with E-state index >= 15 is 0 Å². The van der Waals surface area contributed by atoms with Gasteiger partial charge in [0.25, 0.3) is 0 Å². The van der Waals surface area contributed by atoms with E-state index in [1.165, 1.54) is 52.9 Å². The summed E-state index contributed by atoms with van der Waals surface area (Å²) in [6, 6.07) is 52.2. The summed E-state index contributed by atoms with van der Waals surface area (Å²) in [5, 5.41) is 1.14. The average Bonchev–Trinajstić information content (AvgIpc) is 3.82. The topological polar surface area (TPSA) is 27.1 Å². The quantitative estimate of drug-likeness (QED) is 0.0999. The Bertz CT molecular complexity index is 1650. The lowest BCUT2D eigenvalue weighted by Crippen LogP contribution is -2.46. The van der Waals surface area contributed by atoms with Crippen molar-refractivity contribution >= 4 is 32.3 Å². The maximum absolute atomic E-state index is 5.93. The summed E-state index contributed by atoms with van der Waals surface area (Å²) >= 11 is 0. The van der Waals surface area contributed by atoms with Crippen LogP contribution in [0.15, 0.2) is 164 Å². The van der Waals surface area contributed by atoms with Crippen LogP contribution in [0.25, 0.3) is 0 Å². The van der Waals surface area contributed by atoms with Gasteiger partial charge in [0.1, 0.15) is 5.75 Å². The van der Waals surface area contributed by atoms with Crippen LogP contribution < -0.4 is 20.8 Å². The van der Waals surface area contributed by atoms with E-state index in [9.17, 15) is 0 Å². The highest BCUT2D eigenvalue weighted by Gasteiger charge is 2.37. The van der Waals surface area contributed by atoms with Gasteiger partial charge in [-0.15, -0.1) is 0 Å². The van der Waals surface area contributed by atoms with Gasteiger partial charge in [0.15, 0.2) is 0 Å². The van der Waals surface area contributed by atoms with Gasteiger partial charge in [-0.2, -0.15) is 0 Å². The smallest absolute Gasteiger partial charge is 0.212 e. The highest BCUT2D eigenvalue weighted by Crippen LogP contribution is 2.38. The molecule has 1 aliphatic rings. The third-order valence-corrected chi connectivity index (χ3v) is 11.8. The van der Waals surface area contributed by atoms with Gasteiger partial charge in [0, 0.05) is 12.4 Å². The molecule has 1 fully saturated rings. The molecule has 0 unspecified atom stereocenters. The predicted octanol–water partition coefficient (Wildman–Crippen LogP) is 7.16. The number of aromatic nitrogens is 2. The fourth-order valence-corrected chi connectivity index (χ4v) is 9.01. The molecule has 0 amide bonds. The first-order chi connectivity index (χ1) is 23.3. The molecule has 0 radical (unpaired) electrons. The Morgan fingerprint density at radius 1 is 0.702 bits per heavy atom. The molecule has 6 aromatic rings. The van der Waals surface area contributed by atoms with E-state index < -0.39 is 9.52 Å². The molecule has 0 bridgehead atoms. The Morgan fingerprint density at radius 2 is 1.23 bits per heavy atom. The lowest BCUT2D eigenvalue weighted by atomic mass is 9.37. The Kier molecular flexibility index (Phi) is 11.2. The summed E-state index contributed by atoms with van der Waals surface area (Å²) < 4.78 is 8.23. The van der Waals surface area contributed by atoms with Crippen LogP contribution >= 0.6 is 0 Å². The third kappa shape index (κ3) is 8.22. The Balaban J connectivity index is 0.000000201. The van der Waals surface area contributed by atoms with E-state index in [-0.39, 0.29) is 5.16 Å². The first kappa shape index (κ1) is 32.3. The lowest BCUT2D eigenvalue weighted by molar-refractivity contribution is 0.306. The molecule has 3 nitrogen and oxygen atoms in total. The van der Waals surface area contributed by atoms with Crippen LogP contribution in [0.2, 0.25) is 5.82 Å². The number of hydrogen-bond acceptors (Lipinski definition) is 2. The lowest BCUT2D eigenvalue weighted by Gasteiger charge is -2.37. The Morgan fingerprint density at radius 3 is 1.70 bits per heavy atom. The normalized spacial score (nSPS) is 12.8. The summed E-state index contributed by atoms with van der Waals surface area (Å²) in [6.45, 7) is 3.62. The van der Waals surface area contributed by atoms with Crippen molar-refractivity contribution in [1.29, 1.82) is 0 Å². The summed E-state index contributed by atoms with van der Waals surface area (Å²) in [5.74, 6) is 1.83. The fourth-order valence-electron chi connectivity index (χ4n) is 6.70. The molecule has 1 aromatic heterocycles. The fraction of sp³-hybridized carbons (Fsp3) is 0.214.